The van der Waals surface area contributed by atoms with E-state index in [1.165, 1.54) is 12.1 Å². The second-order valence-corrected chi connectivity index (χ2v) is 6.56. The Morgan fingerprint density at radius 3 is 2.96 bits per heavy atom. The minimum atomic E-state index is 0.472. The molecular formula is C18H23N7. The monoisotopic (exact) mass is 337 g/mol. The number of likely N-dealkylation sites (tertiary alicyclic amines) is 1. The summed E-state index contributed by atoms with van der Waals surface area (Å²) in [5.74, 6) is 1.32. The molecule has 0 radical (unpaired) electrons. The van der Waals surface area contributed by atoms with Gasteiger partial charge in [-0.1, -0.05) is 0 Å². The first-order valence-corrected chi connectivity index (χ1v) is 8.75. The van der Waals surface area contributed by atoms with Crippen molar-refractivity contribution in [2.45, 2.75) is 31.8 Å². The third-order valence-corrected chi connectivity index (χ3v) is 4.73. The Kier molecular flexibility index (Phi) is 4.47. The van der Waals surface area contributed by atoms with Crippen molar-refractivity contribution in [3.8, 4) is 0 Å². The maximum Gasteiger partial charge on any atom is 0.233 e. The Hall–Kier alpha value is -2.67. The lowest BCUT2D eigenvalue weighted by molar-refractivity contribution is 0.272. The number of nitrogens with zero attached hydrogens (tertiary/aromatic N) is 5. The molecule has 0 aliphatic carbocycles. The summed E-state index contributed by atoms with van der Waals surface area (Å²) < 4.78 is 2.07. The maximum absolute atomic E-state index is 5.65. The number of hydrogen-bond donors (Lipinski definition) is 2. The number of rotatable bonds is 4. The Morgan fingerprint density at radius 1 is 1.12 bits per heavy atom. The van der Waals surface area contributed by atoms with E-state index >= 15 is 0 Å². The highest BCUT2D eigenvalue weighted by atomic mass is 15.2. The number of nitrogens with one attached hydrogen (secondary N) is 1. The van der Waals surface area contributed by atoms with Crippen molar-refractivity contribution < 1.29 is 0 Å². The molecule has 130 valence electrons. The highest BCUT2D eigenvalue weighted by Crippen LogP contribution is 2.18. The van der Waals surface area contributed by atoms with Crippen LogP contribution in [-0.4, -0.2) is 43.4 Å². The molecule has 7 nitrogen and oxygen atoms in total. The smallest absolute Gasteiger partial charge is 0.233 e. The van der Waals surface area contributed by atoms with Crippen molar-refractivity contribution in [1.82, 2.24) is 24.3 Å². The lowest BCUT2D eigenvalue weighted by Gasteiger charge is -2.20. The van der Waals surface area contributed by atoms with E-state index in [2.05, 4.69) is 29.6 Å². The van der Waals surface area contributed by atoms with Crippen molar-refractivity contribution in [3.63, 3.8) is 0 Å². The number of pyridine rings is 1. The van der Waals surface area contributed by atoms with Crippen LogP contribution in [0.2, 0.25) is 0 Å². The third-order valence-electron chi connectivity index (χ3n) is 4.73. The molecule has 0 saturated carbocycles. The fourth-order valence-corrected chi connectivity index (χ4v) is 3.41. The first kappa shape index (κ1) is 15.8. The molecule has 0 unspecified atom stereocenters. The summed E-state index contributed by atoms with van der Waals surface area (Å²) in [5.41, 5.74) is 7.88. The van der Waals surface area contributed by atoms with Crippen molar-refractivity contribution in [2.75, 3.05) is 24.1 Å². The Bertz CT molecular complexity index is 827. The Morgan fingerprint density at radius 2 is 2.08 bits per heavy atom. The molecule has 3 N–H and O–H groups in total. The average molecular weight is 337 g/mol. The van der Waals surface area contributed by atoms with Crippen molar-refractivity contribution in [3.05, 3.63) is 48.7 Å². The van der Waals surface area contributed by atoms with Gasteiger partial charge in [-0.05, 0) is 44.0 Å². The van der Waals surface area contributed by atoms with Gasteiger partial charge in [-0.15, -0.1) is 0 Å². The highest BCUT2D eigenvalue weighted by molar-refractivity contribution is 5.46. The molecular weight excluding hydrogens is 314 g/mol. The second-order valence-electron chi connectivity index (χ2n) is 6.56. The Labute approximate surface area is 146 Å². The van der Waals surface area contributed by atoms with Gasteiger partial charge in [0, 0.05) is 31.5 Å². The van der Waals surface area contributed by atoms with Crippen LogP contribution in [0, 0.1) is 0 Å². The Balaban J connectivity index is 1.37. The minimum absolute atomic E-state index is 0.472. The van der Waals surface area contributed by atoms with Gasteiger partial charge in [-0.3, -0.25) is 9.30 Å². The van der Waals surface area contributed by atoms with Gasteiger partial charge in [0.1, 0.15) is 5.82 Å². The number of imidazole rings is 1. The molecule has 1 aliphatic heterocycles. The molecule has 25 heavy (non-hydrogen) atoms. The fraction of sp³-hybridized carbons (Fsp3) is 0.389. The molecule has 0 spiro atoms. The SMILES string of the molecule is Nc1ccc(N[C@@H]2CCCN(Cc3cnc4ncccn34)CC2)cn1. The number of anilines is 2. The minimum Gasteiger partial charge on any atom is -0.384 e. The van der Waals surface area contributed by atoms with Gasteiger partial charge in [-0.2, -0.15) is 0 Å². The highest BCUT2D eigenvalue weighted by Gasteiger charge is 2.18. The molecule has 0 amide bonds. The van der Waals surface area contributed by atoms with Gasteiger partial charge in [0.05, 0.1) is 23.8 Å². The second kappa shape index (κ2) is 7.06. The lowest BCUT2D eigenvalue weighted by atomic mass is 10.1. The zero-order valence-electron chi connectivity index (χ0n) is 14.2. The third kappa shape index (κ3) is 3.71. The van der Waals surface area contributed by atoms with Crippen LogP contribution in [-0.2, 0) is 6.54 Å². The number of nitrogens with two attached hydrogens (primary N) is 1. The molecule has 1 atom stereocenters. The zero-order valence-corrected chi connectivity index (χ0v) is 14.2. The molecule has 1 aliphatic rings. The number of hydrogen-bond acceptors (Lipinski definition) is 6. The van der Waals surface area contributed by atoms with Crippen LogP contribution in [0.15, 0.2) is 43.0 Å². The first-order valence-electron chi connectivity index (χ1n) is 8.75. The van der Waals surface area contributed by atoms with Crippen LogP contribution in [0.4, 0.5) is 11.5 Å². The van der Waals surface area contributed by atoms with Gasteiger partial charge in [0.2, 0.25) is 5.78 Å². The van der Waals surface area contributed by atoms with Gasteiger partial charge < -0.3 is 11.1 Å². The van der Waals surface area contributed by atoms with Crippen LogP contribution in [0.1, 0.15) is 25.0 Å². The summed E-state index contributed by atoms with van der Waals surface area (Å²) in [6.07, 6.45) is 11.0. The van der Waals surface area contributed by atoms with E-state index < -0.39 is 0 Å². The predicted octanol–water partition coefficient (Wildman–Crippen LogP) is 2.17. The summed E-state index contributed by atoms with van der Waals surface area (Å²) >= 11 is 0. The van der Waals surface area contributed by atoms with Gasteiger partial charge in [0.15, 0.2) is 0 Å². The average Bonchev–Trinajstić information content (AvgIpc) is 2.90. The van der Waals surface area contributed by atoms with Crippen LogP contribution in [0.3, 0.4) is 0 Å². The molecule has 0 bridgehead atoms. The standard InChI is InChI=1S/C18H23N7/c19-17-5-4-15(11-21-17)23-14-3-1-8-24(10-6-14)13-16-12-22-18-20-7-2-9-25(16)18/h2,4-5,7,9,11-12,14,23H,1,3,6,8,10,13H2,(H2,19,21)/t14-/m1/s1. The largest absolute Gasteiger partial charge is 0.384 e. The van der Waals surface area contributed by atoms with E-state index in [-0.39, 0.29) is 0 Å². The topological polar surface area (TPSA) is 84.4 Å². The zero-order chi connectivity index (χ0) is 17.1. The van der Waals surface area contributed by atoms with Crippen molar-refractivity contribution in [1.29, 1.82) is 0 Å². The van der Waals surface area contributed by atoms with E-state index in [1.807, 2.05) is 36.8 Å². The van der Waals surface area contributed by atoms with Crippen molar-refractivity contribution >= 4 is 17.3 Å². The summed E-state index contributed by atoms with van der Waals surface area (Å²) in [6, 6.07) is 6.25. The van der Waals surface area contributed by atoms with Crippen LogP contribution < -0.4 is 11.1 Å². The molecule has 4 heterocycles. The summed E-state index contributed by atoms with van der Waals surface area (Å²) in [4.78, 5) is 15.3. The molecule has 0 aromatic carbocycles. The fourth-order valence-electron chi connectivity index (χ4n) is 3.41. The maximum atomic E-state index is 5.65. The van der Waals surface area contributed by atoms with E-state index in [0.29, 0.717) is 11.9 Å². The molecule has 3 aromatic heterocycles. The molecule has 1 fully saturated rings. The van der Waals surface area contributed by atoms with Crippen LogP contribution in [0.5, 0.6) is 0 Å². The van der Waals surface area contributed by atoms with E-state index in [0.717, 1.165) is 43.9 Å². The number of nitrogen functional groups attached to an aromatic ring is 1. The number of fused-ring (bicyclic) bond motifs is 1. The van der Waals surface area contributed by atoms with E-state index in [1.54, 1.807) is 6.20 Å². The predicted molar refractivity (Wildman–Crippen MR) is 98.2 cm³/mol. The van der Waals surface area contributed by atoms with Crippen LogP contribution >= 0.6 is 0 Å². The van der Waals surface area contributed by atoms with Gasteiger partial charge in [-0.25, -0.2) is 15.0 Å². The molecule has 7 heteroatoms. The van der Waals surface area contributed by atoms with E-state index in [9.17, 15) is 0 Å². The summed E-state index contributed by atoms with van der Waals surface area (Å²) in [6.45, 7) is 3.07. The van der Waals surface area contributed by atoms with Crippen LogP contribution in [0.25, 0.3) is 5.78 Å². The normalized spacial score (nSPS) is 19.0. The quantitative estimate of drug-likeness (QED) is 0.759. The number of aromatic nitrogens is 4. The molecule has 3 aromatic rings. The van der Waals surface area contributed by atoms with Gasteiger partial charge >= 0.3 is 0 Å². The lowest BCUT2D eigenvalue weighted by Crippen LogP contribution is -2.26. The van der Waals surface area contributed by atoms with E-state index in [4.69, 9.17) is 5.73 Å². The summed E-state index contributed by atoms with van der Waals surface area (Å²) in [7, 11) is 0. The first-order chi connectivity index (χ1) is 12.3. The molecule has 1 saturated heterocycles. The van der Waals surface area contributed by atoms with Crippen molar-refractivity contribution in [2.24, 2.45) is 0 Å². The summed E-state index contributed by atoms with van der Waals surface area (Å²) in [5, 5.41) is 3.58. The van der Waals surface area contributed by atoms with Gasteiger partial charge in [0.25, 0.3) is 0 Å². The molecule has 4 rings (SSSR count).